The smallest absolute Gasteiger partial charge is 0.337 e. The molecule has 9 heteroatoms. The van der Waals surface area contributed by atoms with Gasteiger partial charge < -0.3 is 10.2 Å². The number of phenolic OH excluding ortho intramolecular Hbond substituents is 1. The van der Waals surface area contributed by atoms with Crippen molar-refractivity contribution in [2.45, 2.75) is 4.90 Å². The quantitative estimate of drug-likeness (QED) is 0.469. The molecule has 0 atom stereocenters. The van der Waals surface area contributed by atoms with Crippen LogP contribution in [0.15, 0.2) is 69.7 Å². The van der Waals surface area contributed by atoms with Crippen LogP contribution >= 0.6 is 0 Å². The molecular weight excluding hydrogens is 360 g/mol. The zero-order valence-electron chi connectivity index (χ0n) is 13.1. The summed E-state index contributed by atoms with van der Waals surface area (Å²) >= 11 is 0. The fourth-order valence-electron chi connectivity index (χ4n) is 2.45. The SMILES string of the molecule is O=C(O)c1ccccc1N=Nc1cc(S(=O)(=O)O)c2ccccc2c1O. The van der Waals surface area contributed by atoms with Crippen LogP contribution in [0, 0.1) is 0 Å². The molecule has 0 aromatic heterocycles. The van der Waals surface area contributed by atoms with Crippen molar-refractivity contribution in [2.75, 3.05) is 0 Å². The van der Waals surface area contributed by atoms with E-state index in [0.29, 0.717) is 0 Å². The van der Waals surface area contributed by atoms with Crippen LogP contribution < -0.4 is 0 Å². The number of hydrogen-bond acceptors (Lipinski definition) is 6. The van der Waals surface area contributed by atoms with Crippen LogP contribution in [0.5, 0.6) is 5.75 Å². The summed E-state index contributed by atoms with van der Waals surface area (Å²) in [6.07, 6.45) is 0. The first-order valence-corrected chi connectivity index (χ1v) is 8.69. The second-order valence-corrected chi connectivity index (χ2v) is 6.68. The maximum atomic E-state index is 11.7. The average Bonchev–Trinajstić information content (AvgIpc) is 2.60. The summed E-state index contributed by atoms with van der Waals surface area (Å²) in [5.41, 5.74) is -0.302. The molecule has 3 rings (SSSR count). The molecule has 0 aliphatic heterocycles. The number of aromatic carboxylic acids is 1. The lowest BCUT2D eigenvalue weighted by Gasteiger charge is -2.08. The summed E-state index contributed by atoms with van der Waals surface area (Å²) in [6.45, 7) is 0. The van der Waals surface area contributed by atoms with Crippen LogP contribution in [0.2, 0.25) is 0 Å². The Morgan fingerprint density at radius 2 is 1.46 bits per heavy atom. The van der Waals surface area contributed by atoms with Crippen molar-refractivity contribution >= 4 is 38.2 Å². The van der Waals surface area contributed by atoms with E-state index in [0.717, 1.165) is 6.07 Å². The number of benzene rings is 3. The highest BCUT2D eigenvalue weighted by Crippen LogP contribution is 2.39. The van der Waals surface area contributed by atoms with Gasteiger partial charge in [0.15, 0.2) is 5.75 Å². The minimum Gasteiger partial charge on any atom is -0.505 e. The molecule has 3 N–H and O–H groups in total. The van der Waals surface area contributed by atoms with Gasteiger partial charge in [-0.25, -0.2) is 4.79 Å². The van der Waals surface area contributed by atoms with Crippen molar-refractivity contribution in [1.29, 1.82) is 0 Å². The number of carboxylic acids is 1. The van der Waals surface area contributed by atoms with Crippen molar-refractivity contribution in [3.05, 3.63) is 60.2 Å². The molecule has 0 heterocycles. The number of hydrogen-bond donors (Lipinski definition) is 3. The van der Waals surface area contributed by atoms with Crippen LogP contribution in [0.3, 0.4) is 0 Å². The third-order valence-corrected chi connectivity index (χ3v) is 4.53. The highest BCUT2D eigenvalue weighted by atomic mass is 32.2. The first-order chi connectivity index (χ1) is 12.3. The second-order valence-electron chi connectivity index (χ2n) is 5.29. The predicted molar refractivity (Wildman–Crippen MR) is 93.0 cm³/mol. The van der Waals surface area contributed by atoms with E-state index in [9.17, 15) is 22.9 Å². The third-order valence-electron chi connectivity index (χ3n) is 3.64. The van der Waals surface area contributed by atoms with Crippen LogP contribution in [0.1, 0.15) is 10.4 Å². The van der Waals surface area contributed by atoms with Crippen molar-refractivity contribution in [1.82, 2.24) is 0 Å². The number of azo groups is 1. The Bertz CT molecular complexity index is 1160. The largest absolute Gasteiger partial charge is 0.505 e. The number of nitrogens with zero attached hydrogens (tertiary/aromatic N) is 2. The van der Waals surface area contributed by atoms with Crippen LogP contribution in [-0.2, 0) is 10.1 Å². The summed E-state index contributed by atoms with van der Waals surface area (Å²) in [7, 11) is -4.58. The maximum absolute atomic E-state index is 11.7. The number of rotatable bonds is 4. The van der Waals surface area contributed by atoms with Crippen LogP contribution in [0.4, 0.5) is 11.4 Å². The molecule has 8 nitrogen and oxygen atoms in total. The van der Waals surface area contributed by atoms with E-state index in [1.54, 1.807) is 18.2 Å². The van der Waals surface area contributed by atoms with Gasteiger partial charge in [-0.05, 0) is 18.2 Å². The Morgan fingerprint density at radius 1 is 0.885 bits per heavy atom. The van der Waals surface area contributed by atoms with E-state index < -0.39 is 21.0 Å². The van der Waals surface area contributed by atoms with E-state index in [1.807, 2.05) is 0 Å². The van der Waals surface area contributed by atoms with Gasteiger partial charge in [-0.2, -0.15) is 8.42 Å². The molecule has 0 aliphatic rings. The lowest BCUT2D eigenvalue weighted by atomic mass is 10.1. The lowest BCUT2D eigenvalue weighted by Crippen LogP contribution is -1.99. The summed E-state index contributed by atoms with van der Waals surface area (Å²) in [5, 5.41) is 27.3. The summed E-state index contributed by atoms with van der Waals surface area (Å²) in [5.74, 6) is -1.55. The Hall–Kier alpha value is -3.30. The van der Waals surface area contributed by atoms with Gasteiger partial charge in [0, 0.05) is 10.8 Å². The molecule has 0 spiro atoms. The maximum Gasteiger partial charge on any atom is 0.337 e. The molecule has 26 heavy (non-hydrogen) atoms. The highest BCUT2D eigenvalue weighted by Gasteiger charge is 2.19. The van der Waals surface area contributed by atoms with Gasteiger partial charge in [-0.15, -0.1) is 10.2 Å². The zero-order valence-corrected chi connectivity index (χ0v) is 13.9. The molecule has 0 aliphatic carbocycles. The number of carbonyl (C=O) groups is 1. The highest BCUT2D eigenvalue weighted by molar-refractivity contribution is 7.86. The van der Waals surface area contributed by atoms with E-state index in [1.165, 1.54) is 30.3 Å². The molecule has 0 unspecified atom stereocenters. The normalized spacial score (nSPS) is 11.9. The van der Waals surface area contributed by atoms with Crippen molar-refractivity contribution in [3.8, 4) is 5.75 Å². The molecule has 0 saturated carbocycles. The van der Waals surface area contributed by atoms with E-state index >= 15 is 0 Å². The Balaban J connectivity index is 2.21. The minimum atomic E-state index is -4.58. The van der Waals surface area contributed by atoms with Crippen molar-refractivity contribution in [3.63, 3.8) is 0 Å². The van der Waals surface area contributed by atoms with Crippen molar-refractivity contribution in [2.24, 2.45) is 10.2 Å². The van der Waals surface area contributed by atoms with E-state index in [4.69, 9.17) is 5.11 Å². The molecular formula is C17H12N2O6S. The summed E-state index contributed by atoms with van der Waals surface area (Å²) in [6, 6.07) is 12.8. The molecule has 132 valence electrons. The minimum absolute atomic E-state index is 0.0287. The molecule has 0 bridgehead atoms. The van der Waals surface area contributed by atoms with Gasteiger partial charge in [0.25, 0.3) is 10.1 Å². The summed E-state index contributed by atoms with van der Waals surface area (Å²) < 4.78 is 32.7. The molecule has 0 saturated heterocycles. The van der Waals surface area contributed by atoms with Gasteiger partial charge >= 0.3 is 5.97 Å². The molecule has 0 fully saturated rings. The zero-order chi connectivity index (χ0) is 18.9. The lowest BCUT2D eigenvalue weighted by molar-refractivity contribution is 0.0697. The molecule has 3 aromatic carbocycles. The van der Waals surface area contributed by atoms with Gasteiger partial charge in [0.05, 0.1) is 5.56 Å². The Kier molecular flexibility index (Phi) is 4.41. The third kappa shape index (κ3) is 3.25. The van der Waals surface area contributed by atoms with Gasteiger partial charge in [-0.1, -0.05) is 36.4 Å². The van der Waals surface area contributed by atoms with Gasteiger partial charge in [0.2, 0.25) is 0 Å². The molecule has 0 radical (unpaired) electrons. The molecule has 0 amide bonds. The summed E-state index contributed by atoms with van der Waals surface area (Å²) in [4.78, 5) is 10.8. The number of aromatic hydroxyl groups is 1. The van der Waals surface area contributed by atoms with E-state index in [-0.39, 0.29) is 33.5 Å². The standard InChI is InChI=1S/C17H12N2O6S/c20-16-11-6-2-1-5-10(11)15(26(23,24)25)9-14(16)19-18-13-8-4-3-7-12(13)17(21)22/h1-9,20H,(H,21,22)(H,23,24,25). The van der Waals surface area contributed by atoms with E-state index in [2.05, 4.69) is 10.2 Å². The Labute approximate surface area is 147 Å². The monoisotopic (exact) mass is 372 g/mol. The first-order valence-electron chi connectivity index (χ1n) is 7.25. The second kappa shape index (κ2) is 6.54. The predicted octanol–water partition coefficient (Wildman–Crippen LogP) is 3.91. The number of phenols is 1. The Morgan fingerprint density at radius 3 is 2.12 bits per heavy atom. The fraction of sp³-hybridized carbons (Fsp3) is 0. The van der Waals surface area contributed by atoms with Gasteiger partial charge in [0.1, 0.15) is 16.3 Å². The number of carboxylic acid groups (broad SMARTS) is 1. The average molecular weight is 372 g/mol. The van der Waals surface area contributed by atoms with Crippen LogP contribution in [0.25, 0.3) is 10.8 Å². The topological polar surface area (TPSA) is 137 Å². The van der Waals surface area contributed by atoms with Gasteiger partial charge in [-0.3, -0.25) is 4.55 Å². The fourth-order valence-corrected chi connectivity index (χ4v) is 3.17. The number of fused-ring (bicyclic) bond motifs is 1. The molecule has 3 aromatic rings. The van der Waals surface area contributed by atoms with Crippen molar-refractivity contribution < 1.29 is 28.0 Å². The van der Waals surface area contributed by atoms with Crippen LogP contribution in [-0.4, -0.2) is 29.2 Å². The first kappa shape index (κ1) is 17.5.